The molecule has 0 bridgehead atoms. The number of nitrogens with zero attached hydrogens (tertiary/aromatic N) is 1. The van der Waals surface area contributed by atoms with Crippen molar-refractivity contribution in [1.29, 1.82) is 0 Å². The summed E-state index contributed by atoms with van der Waals surface area (Å²) in [5, 5.41) is 0. The zero-order valence-electron chi connectivity index (χ0n) is 11.2. The molecule has 1 fully saturated rings. The fraction of sp³-hybridized carbons (Fsp3) is 0.615. The Kier molecular flexibility index (Phi) is 3.99. The Balaban J connectivity index is 1.98. The molecule has 19 heavy (non-hydrogen) atoms. The minimum Gasteiger partial charge on any atom is -0.469 e. The van der Waals surface area contributed by atoms with E-state index in [2.05, 4.69) is 0 Å². The second-order valence-electron chi connectivity index (χ2n) is 4.94. The average molecular weight is 285 g/mol. The number of amides is 1. The SMILES string of the molecule is CCCCS(=O)(=O)N(C)C(=O)[C@H]1C[C@@H]1c1ccco1. The summed E-state index contributed by atoms with van der Waals surface area (Å²) in [6.45, 7) is 1.92. The molecule has 5 nitrogen and oxygen atoms in total. The fourth-order valence-electron chi connectivity index (χ4n) is 2.12. The average Bonchev–Trinajstić information content (AvgIpc) is 3.00. The highest BCUT2D eigenvalue weighted by atomic mass is 32.2. The van der Waals surface area contributed by atoms with Crippen LogP contribution in [-0.2, 0) is 14.8 Å². The van der Waals surface area contributed by atoms with Crippen molar-refractivity contribution in [3.8, 4) is 0 Å². The summed E-state index contributed by atoms with van der Waals surface area (Å²) in [5.41, 5.74) is 0. The van der Waals surface area contributed by atoms with Gasteiger partial charge in [-0.1, -0.05) is 13.3 Å². The van der Waals surface area contributed by atoms with Crippen LogP contribution in [-0.4, -0.2) is 31.4 Å². The third kappa shape index (κ3) is 3.00. The third-order valence-electron chi connectivity index (χ3n) is 3.50. The number of rotatable bonds is 6. The minimum absolute atomic E-state index is 0.0316. The van der Waals surface area contributed by atoms with Crippen molar-refractivity contribution in [2.45, 2.75) is 32.1 Å². The summed E-state index contributed by atoms with van der Waals surface area (Å²) in [7, 11) is -2.11. The Bertz CT molecular complexity index is 535. The van der Waals surface area contributed by atoms with Crippen molar-refractivity contribution in [1.82, 2.24) is 4.31 Å². The second-order valence-corrected chi connectivity index (χ2v) is 7.06. The van der Waals surface area contributed by atoms with E-state index in [4.69, 9.17) is 4.42 Å². The van der Waals surface area contributed by atoms with Crippen LogP contribution in [0.4, 0.5) is 0 Å². The van der Waals surface area contributed by atoms with Crippen molar-refractivity contribution < 1.29 is 17.6 Å². The zero-order valence-corrected chi connectivity index (χ0v) is 12.0. The van der Waals surface area contributed by atoms with Crippen LogP contribution in [0.25, 0.3) is 0 Å². The van der Waals surface area contributed by atoms with Gasteiger partial charge in [0.05, 0.1) is 12.0 Å². The van der Waals surface area contributed by atoms with Crippen LogP contribution in [0, 0.1) is 5.92 Å². The summed E-state index contributed by atoms with van der Waals surface area (Å²) < 4.78 is 30.0. The molecule has 1 aromatic heterocycles. The molecule has 0 saturated heterocycles. The van der Waals surface area contributed by atoms with Crippen LogP contribution in [0.15, 0.2) is 22.8 Å². The molecule has 0 unspecified atom stereocenters. The molecule has 106 valence electrons. The largest absolute Gasteiger partial charge is 0.469 e. The van der Waals surface area contributed by atoms with E-state index in [0.717, 1.165) is 16.5 Å². The van der Waals surface area contributed by atoms with Crippen molar-refractivity contribution in [3.63, 3.8) is 0 Å². The maximum absolute atomic E-state index is 12.1. The van der Waals surface area contributed by atoms with Gasteiger partial charge >= 0.3 is 0 Å². The van der Waals surface area contributed by atoms with E-state index in [1.165, 1.54) is 7.05 Å². The molecule has 2 atom stereocenters. The molecule has 6 heteroatoms. The van der Waals surface area contributed by atoms with Crippen molar-refractivity contribution in [2.75, 3.05) is 12.8 Å². The Morgan fingerprint density at radius 1 is 1.53 bits per heavy atom. The predicted octanol–water partition coefficient (Wildman–Crippen LogP) is 1.97. The lowest BCUT2D eigenvalue weighted by Gasteiger charge is -2.17. The number of unbranched alkanes of at least 4 members (excludes halogenated alkanes) is 1. The molecule has 0 radical (unpaired) electrons. The van der Waals surface area contributed by atoms with Crippen molar-refractivity contribution in [3.05, 3.63) is 24.2 Å². The van der Waals surface area contributed by atoms with Gasteiger partial charge in [-0.3, -0.25) is 4.79 Å². The highest BCUT2D eigenvalue weighted by Gasteiger charge is 2.48. The second kappa shape index (κ2) is 5.36. The summed E-state index contributed by atoms with van der Waals surface area (Å²) in [5.74, 6) is 0.248. The molecule has 1 saturated carbocycles. The van der Waals surface area contributed by atoms with E-state index < -0.39 is 10.0 Å². The van der Waals surface area contributed by atoms with E-state index in [-0.39, 0.29) is 23.5 Å². The van der Waals surface area contributed by atoms with Crippen LogP contribution in [0.3, 0.4) is 0 Å². The van der Waals surface area contributed by atoms with E-state index in [0.29, 0.717) is 12.8 Å². The molecule has 1 amide bonds. The van der Waals surface area contributed by atoms with E-state index in [1.54, 1.807) is 12.3 Å². The molecule has 1 aliphatic rings. The minimum atomic E-state index is -3.47. The number of carbonyl (C=O) groups excluding carboxylic acids is 1. The van der Waals surface area contributed by atoms with Gasteiger partial charge in [0.25, 0.3) is 0 Å². The third-order valence-corrected chi connectivity index (χ3v) is 5.32. The first-order chi connectivity index (χ1) is 8.97. The molecule has 2 rings (SSSR count). The van der Waals surface area contributed by atoms with E-state index >= 15 is 0 Å². The van der Waals surface area contributed by atoms with Gasteiger partial charge in [-0.15, -0.1) is 0 Å². The lowest BCUT2D eigenvalue weighted by molar-refractivity contribution is -0.127. The van der Waals surface area contributed by atoms with Crippen LogP contribution >= 0.6 is 0 Å². The van der Waals surface area contributed by atoms with Gasteiger partial charge in [0, 0.05) is 18.9 Å². The van der Waals surface area contributed by atoms with Crippen LogP contribution < -0.4 is 0 Å². The lowest BCUT2D eigenvalue weighted by atomic mass is 10.2. The number of hydrogen-bond donors (Lipinski definition) is 0. The Hall–Kier alpha value is -1.30. The predicted molar refractivity (Wildman–Crippen MR) is 71.0 cm³/mol. The monoisotopic (exact) mass is 285 g/mol. The number of sulfonamides is 1. The highest BCUT2D eigenvalue weighted by Crippen LogP contribution is 2.48. The summed E-state index contributed by atoms with van der Waals surface area (Å²) in [4.78, 5) is 12.1. The number of furan rings is 1. The van der Waals surface area contributed by atoms with Gasteiger partial charge in [0.2, 0.25) is 15.9 Å². The smallest absolute Gasteiger partial charge is 0.239 e. The molecule has 0 aromatic carbocycles. The number of hydrogen-bond acceptors (Lipinski definition) is 4. The van der Waals surface area contributed by atoms with Gasteiger partial charge in [0.15, 0.2) is 0 Å². The lowest BCUT2D eigenvalue weighted by Crippen LogP contribution is -2.36. The fourth-order valence-corrected chi connectivity index (χ4v) is 3.46. The van der Waals surface area contributed by atoms with Gasteiger partial charge in [-0.2, -0.15) is 0 Å². The molecule has 0 aliphatic heterocycles. The molecule has 1 aromatic rings. The standard InChI is InChI=1S/C13H19NO4S/c1-3-4-8-19(16,17)14(2)13(15)11-9-10(11)12-6-5-7-18-12/h5-7,10-11H,3-4,8-9H2,1-2H3/t10-,11-/m0/s1. The Labute approximate surface area is 113 Å². The van der Waals surface area contributed by atoms with E-state index in [1.807, 2.05) is 13.0 Å². The zero-order chi connectivity index (χ0) is 14.0. The maximum Gasteiger partial charge on any atom is 0.239 e. The summed E-state index contributed by atoms with van der Waals surface area (Å²) in [6, 6.07) is 3.60. The normalized spacial score (nSPS) is 22.2. The van der Waals surface area contributed by atoms with E-state index in [9.17, 15) is 13.2 Å². The summed E-state index contributed by atoms with van der Waals surface area (Å²) >= 11 is 0. The molecule has 1 heterocycles. The molecule has 0 N–H and O–H groups in total. The van der Waals surface area contributed by atoms with Crippen LogP contribution in [0.2, 0.25) is 0 Å². The van der Waals surface area contributed by atoms with Gasteiger partial charge in [-0.25, -0.2) is 12.7 Å². The summed E-state index contributed by atoms with van der Waals surface area (Å²) in [6.07, 6.45) is 3.60. The molecular weight excluding hydrogens is 266 g/mol. The number of carbonyl (C=O) groups is 1. The van der Waals surface area contributed by atoms with Crippen molar-refractivity contribution in [2.24, 2.45) is 5.92 Å². The Morgan fingerprint density at radius 2 is 2.26 bits per heavy atom. The quantitative estimate of drug-likeness (QED) is 0.801. The van der Waals surface area contributed by atoms with Crippen LogP contribution in [0.5, 0.6) is 0 Å². The molecule has 1 aliphatic carbocycles. The van der Waals surface area contributed by atoms with Gasteiger partial charge < -0.3 is 4.42 Å². The molecular formula is C13H19NO4S. The first kappa shape index (κ1) is 14.1. The first-order valence-corrected chi connectivity index (χ1v) is 8.12. The maximum atomic E-state index is 12.1. The first-order valence-electron chi connectivity index (χ1n) is 6.51. The highest BCUT2D eigenvalue weighted by molar-refractivity contribution is 7.89. The van der Waals surface area contributed by atoms with Gasteiger partial charge in [0.1, 0.15) is 5.76 Å². The van der Waals surface area contributed by atoms with Crippen LogP contribution in [0.1, 0.15) is 37.9 Å². The topological polar surface area (TPSA) is 67.6 Å². The molecule has 0 spiro atoms. The Morgan fingerprint density at radius 3 is 2.84 bits per heavy atom. The van der Waals surface area contributed by atoms with Crippen molar-refractivity contribution >= 4 is 15.9 Å². The van der Waals surface area contributed by atoms with Gasteiger partial charge in [-0.05, 0) is 25.0 Å².